The molecule has 0 atom stereocenters. The summed E-state index contributed by atoms with van der Waals surface area (Å²) in [4.78, 5) is -0.0520. The molecular weight excluding hydrogens is 290 g/mol. The number of alkyl halides is 2. The molecule has 0 aliphatic rings. The molecule has 114 valence electrons. The van der Waals surface area contributed by atoms with Crippen LogP contribution in [0.4, 0.5) is 8.78 Å². The zero-order chi connectivity index (χ0) is 15.3. The number of aliphatic hydroxyl groups excluding tert-OH is 1. The maximum Gasteiger partial charge on any atom is 0.252 e. The van der Waals surface area contributed by atoms with E-state index in [1.807, 2.05) is 0 Å². The van der Waals surface area contributed by atoms with Gasteiger partial charge in [-0.15, -0.1) is 0 Å². The number of rotatable bonds is 7. The molecule has 5 nitrogen and oxygen atoms in total. The highest BCUT2D eigenvalue weighted by atomic mass is 32.2. The van der Waals surface area contributed by atoms with Crippen molar-refractivity contribution in [3.63, 3.8) is 0 Å². The molecule has 0 bridgehead atoms. The van der Waals surface area contributed by atoms with E-state index >= 15 is 0 Å². The topological polar surface area (TPSA) is 83.6 Å². The molecule has 3 N–H and O–H groups in total. The zero-order valence-corrected chi connectivity index (χ0v) is 11.9. The summed E-state index contributed by atoms with van der Waals surface area (Å²) in [5.74, 6) is 0. The van der Waals surface area contributed by atoms with E-state index < -0.39 is 29.6 Å². The van der Waals surface area contributed by atoms with Crippen molar-refractivity contribution in [3.05, 3.63) is 29.3 Å². The third-order valence-corrected chi connectivity index (χ3v) is 4.81. The molecule has 0 fully saturated rings. The van der Waals surface area contributed by atoms with Crippen LogP contribution < -0.4 is 5.73 Å². The molecule has 0 radical (unpaired) electrons. The number of aryl methyl sites for hydroxylation is 1. The van der Waals surface area contributed by atoms with Crippen LogP contribution in [0.3, 0.4) is 0 Å². The third kappa shape index (κ3) is 3.95. The van der Waals surface area contributed by atoms with E-state index in [-0.39, 0.29) is 18.0 Å². The standard InChI is InChI=1S/C12H18F2N2O3S/c1-9-6-10(7-15)2-3-11(9)20(18,19)16(4-5-17)8-12(13)14/h2-3,6,12,17H,4-5,7-8,15H2,1H3. The van der Waals surface area contributed by atoms with Gasteiger partial charge in [-0.25, -0.2) is 17.2 Å². The van der Waals surface area contributed by atoms with Crippen molar-refractivity contribution in [1.82, 2.24) is 4.31 Å². The van der Waals surface area contributed by atoms with Crippen LogP contribution in [0.2, 0.25) is 0 Å². The van der Waals surface area contributed by atoms with Crippen LogP contribution >= 0.6 is 0 Å². The van der Waals surface area contributed by atoms with Gasteiger partial charge in [0.05, 0.1) is 18.0 Å². The van der Waals surface area contributed by atoms with Gasteiger partial charge < -0.3 is 10.8 Å². The van der Waals surface area contributed by atoms with E-state index in [2.05, 4.69) is 0 Å². The van der Waals surface area contributed by atoms with Crippen LogP contribution in [0.1, 0.15) is 11.1 Å². The highest BCUT2D eigenvalue weighted by Gasteiger charge is 2.28. The quantitative estimate of drug-likeness (QED) is 0.777. The molecule has 0 amide bonds. The maximum absolute atomic E-state index is 12.5. The molecule has 1 aromatic rings. The summed E-state index contributed by atoms with van der Waals surface area (Å²) in [6, 6.07) is 4.49. The number of sulfonamides is 1. The molecule has 0 aliphatic carbocycles. The number of halogens is 2. The minimum absolute atomic E-state index is 0.0520. The van der Waals surface area contributed by atoms with Gasteiger partial charge >= 0.3 is 0 Å². The summed E-state index contributed by atoms with van der Waals surface area (Å²) in [5.41, 5.74) is 6.65. The predicted octanol–water partition coefficient (Wildman–Crippen LogP) is 0.702. The van der Waals surface area contributed by atoms with Crippen molar-refractivity contribution >= 4 is 10.0 Å². The van der Waals surface area contributed by atoms with Crippen LogP contribution in [-0.2, 0) is 16.6 Å². The lowest BCUT2D eigenvalue weighted by Crippen LogP contribution is -2.37. The molecule has 20 heavy (non-hydrogen) atoms. The van der Waals surface area contributed by atoms with E-state index in [0.717, 1.165) is 5.56 Å². The number of nitrogens with zero attached hydrogens (tertiary/aromatic N) is 1. The SMILES string of the molecule is Cc1cc(CN)ccc1S(=O)(=O)N(CCO)CC(F)F. The molecule has 0 heterocycles. The van der Waals surface area contributed by atoms with Crippen LogP contribution in [0.5, 0.6) is 0 Å². The van der Waals surface area contributed by atoms with Crippen molar-refractivity contribution in [2.45, 2.75) is 24.8 Å². The molecule has 8 heteroatoms. The molecule has 1 aromatic carbocycles. The summed E-state index contributed by atoms with van der Waals surface area (Å²) in [5, 5.41) is 8.84. The molecule has 0 aliphatic heterocycles. The minimum atomic E-state index is -4.06. The number of aliphatic hydroxyl groups is 1. The van der Waals surface area contributed by atoms with Gasteiger partial charge in [0.15, 0.2) is 0 Å². The lowest BCUT2D eigenvalue weighted by atomic mass is 10.1. The molecule has 0 saturated heterocycles. The highest BCUT2D eigenvalue weighted by Crippen LogP contribution is 2.21. The second kappa shape index (κ2) is 7.07. The summed E-state index contributed by atoms with van der Waals surface area (Å²) in [6.07, 6.45) is -2.81. The van der Waals surface area contributed by atoms with E-state index in [4.69, 9.17) is 10.8 Å². The van der Waals surface area contributed by atoms with Gasteiger partial charge in [-0.1, -0.05) is 12.1 Å². The summed E-state index contributed by atoms with van der Waals surface area (Å²) >= 11 is 0. The fourth-order valence-corrected chi connectivity index (χ4v) is 3.46. The van der Waals surface area contributed by atoms with E-state index in [0.29, 0.717) is 9.87 Å². The molecule has 0 saturated carbocycles. The Kier molecular flexibility index (Phi) is 6.00. The van der Waals surface area contributed by atoms with Crippen molar-refractivity contribution < 1.29 is 22.3 Å². The Morgan fingerprint density at radius 1 is 1.40 bits per heavy atom. The molecule has 0 unspecified atom stereocenters. The van der Waals surface area contributed by atoms with Crippen molar-refractivity contribution in [3.8, 4) is 0 Å². The molecule has 0 aromatic heterocycles. The van der Waals surface area contributed by atoms with E-state index in [9.17, 15) is 17.2 Å². The largest absolute Gasteiger partial charge is 0.395 e. The van der Waals surface area contributed by atoms with Gasteiger partial charge in [0.2, 0.25) is 10.0 Å². The van der Waals surface area contributed by atoms with Crippen molar-refractivity contribution in [2.24, 2.45) is 5.73 Å². The monoisotopic (exact) mass is 308 g/mol. The Labute approximate surface area is 117 Å². The highest BCUT2D eigenvalue weighted by molar-refractivity contribution is 7.89. The average molecular weight is 308 g/mol. The first-order valence-corrected chi connectivity index (χ1v) is 7.45. The van der Waals surface area contributed by atoms with Gasteiger partial charge in [0.1, 0.15) is 0 Å². The molecular formula is C12H18F2N2O3S. The number of benzene rings is 1. The summed E-state index contributed by atoms with van der Waals surface area (Å²) < 4.78 is 50.2. The van der Waals surface area contributed by atoms with Crippen molar-refractivity contribution in [2.75, 3.05) is 19.7 Å². The lowest BCUT2D eigenvalue weighted by Gasteiger charge is -2.22. The van der Waals surface area contributed by atoms with Gasteiger partial charge in [-0.3, -0.25) is 0 Å². The van der Waals surface area contributed by atoms with Crippen LogP contribution in [-0.4, -0.2) is 44.0 Å². The fourth-order valence-electron chi connectivity index (χ4n) is 1.84. The molecule has 0 spiro atoms. The van der Waals surface area contributed by atoms with Gasteiger partial charge in [-0.05, 0) is 24.1 Å². The van der Waals surface area contributed by atoms with Crippen LogP contribution in [0.25, 0.3) is 0 Å². The van der Waals surface area contributed by atoms with Crippen LogP contribution in [0.15, 0.2) is 23.1 Å². The zero-order valence-electron chi connectivity index (χ0n) is 11.1. The Bertz CT molecular complexity index is 550. The lowest BCUT2D eigenvalue weighted by molar-refractivity contribution is 0.113. The number of hydrogen-bond donors (Lipinski definition) is 2. The van der Waals surface area contributed by atoms with Crippen LogP contribution in [0, 0.1) is 6.92 Å². The summed E-state index contributed by atoms with van der Waals surface area (Å²) in [7, 11) is -4.06. The van der Waals surface area contributed by atoms with Gasteiger partial charge in [-0.2, -0.15) is 4.31 Å². The Hall–Kier alpha value is -1.09. The fraction of sp³-hybridized carbons (Fsp3) is 0.500. The average Bonchev–Trinajstić information content (AvgIpc) is 2.37. The third-order valence-electron chi connectivity index (χ3n) is 2.78. The Morgan fingerprint density at radius 2 is 2.05 bits per heavy atom. The van der Waals surface area contributed by atoms with E-state index in [1.165, 1.54) is 6.07 Å². The second-order valence-electron chi connectivity index (χ2n) is 4.28. The first kappa shape index (κ1) is 17.0. The smallest absolute Gasteiger partial charge is 0.252 e. The molecule has 1 rings (SSSR count). The number of hydrogen-bond acceptors (Lipinski definition) is 4. The minimum Gasteiger partial charge on any atom is -0.395 e. The number of nitrogens with two attached hydrogens (primary N) is 1. The Balaban J connectivity index is 3.18. The van der Waals surface area contributed by atoms with E-state index in [1.54, 1.807) is 19.1 Å². The van der Waals surface area contributed by atoms with Gasteiger partial charge in [0.25, 0.3) is 6.43 Å². The Morgan fingerprint density at radius 3 is 2.50 bits per heavy atom. The second-order valence-corrected chi connectivity index (χ2v) is 6.19. The first-order chi connectivity index (χ1) is 9.32. The van der Waals surface area contributed by atoms with Crippen molar-refractivity contribution in [1.29, 1.82) is 0 Å². The normalized spacial score (nSPS) is 12.3. The van der Waals surface area contributed by atoms with Gasteiger partial charge in [0, 0.05) is 13.1 Å². The predicted molar refractivity (Wildman–Crippen MR) is 70.9 cm³/mol. The maximum atomic E-state index is 12.5. The summed E-state index contributed by atoms with van der Waals surface area (Å²) in [6.45, 7) is 0.00169. The first-order valence-electron chi connectivity index (χ1n) is 6.01.